The molecule has 0 bridgehead atoms. The van der Waals surface area contributed by atoms with Gasteiger partial charge in [-0.05, 0) is 50.7 Å². The minimum atomic E-state index is -3.09. The Kier molecular flexibility index (Phi) is 8.01. The first-order chi connectivity index (χ1) is 18.8. The highest BCUT2D eigenvalue weighted by Gasteiger charge is 2.30. The van der Waals surface area contributed by atoms with E-state index in [1.807, 2.05) is 25.8 Å². The van der Waals surface area contributed by atoms with E-state index in [1.54, 1.807) is 0 Å². The predicted octanol–water partition coefficient (Wildman–Crippen LogP) is 4.15. The Morgan fingerprint density at radius 3 is 2.20 bits per heavy atom. The number of aryl methyl sites for hydroxylation is 1. The van der Waals surface area contributed by atoms with Gasteiger partial charge in [-0.3, -0.25) is 19.3 Å². The lowest BCUT2D eigenvalue weighted by atomic mass is 9.99. The van der Waals surface area contributed by atoms with Crippen LogP contribution in [0.25, 0.3) is 11.1 Å². The molecule has 2 amide bonds. The molecule has 0 aliphatic carbocycles. The van der Waals surface area contributed by atoms with Gasteiger partial charge < -0.3 is 20.5 Å². The molecular formula is C28H29F4N5O3. The van der Waals surface area contributed by atoms with Crippen molar-refractivity contribution in [2.45, 2.75) is 32.4 Å². The van der Waals surface area contributed by atoms with E-state index >= 15 is 4.39 Å². The van der Waals surface area contributed by atoms with E-state index < -0.39 is 46.6 Å². The van der Waals surface area contributed by atoms with Gasteiger partial charge >= 0.3 is 0 Å². The van der Waals surface area contributed by atoms with Gasteiger partial charge in [0.2, 0.25) is 0 Å². The molecule has 2 unspecified atom stereocenters. The molecule has 1 aromatic heterocycles. The van der Waals surface area contributed by atoms with Crippen LogP contribution in [0, 0.1) is 11.6 Å². The molecule has 2 heterocycles. The molecule has 3 aromatic rings. The first kappa shape index (κ1) is 28.8. The summed E-state index contributed by atoms with van der Waals surface area (Å²) in [4.78, 5) is 40.8. The lowest BCUT2D eigenvalue weighted by Crippen LogP contribution is -2.55. The van der Waals surface area contributed by atoms with Crippen molar-refractivity contribution < 1.29 is 27.2 Å². The van der Waals surface area contributed by atoms with Gasteiger partial charge in [0.1, 0.15) is 11.6 Å². The molecule has 40 heavy (non-hydrogen) atoms. The van der Waals surface area contributed by atoms with Gasteiger partial charge in [0, 0.05) is 55.6 Å². The fraction of sp³-hybridized carbons (Fsp3) is 0.321. The standard InChI is InChI=1S/C28H29F4N5O3/c1-14-11-37(12-15(2)36(14)4)24-10-22(30)18(16-5-6-17(27(33)39)21(29)7-16)8-23(24)34-28(40)20-13-35(3)25(38)9-19(20)26(31)32/h5-10,13-15,26H,11-12H2,1-4H3,(H2,33,39)(H,34,40). The number of rotatable bonds is 6. The van der Waals surface area contributed by atoms with Crippen LogP contribution in [0.1, 0.15) is 46.6 Å². The van der Waals surface area contributed by atoms with Crippen molar-refractivity contribution in [3.63, 3.8) is 0 Å². The summed E-state index contributed by atoms with van der Waals surface area (Å²) in [5, 5.41) is 2.61. The monoisotopic (exact) mass is 559 g/mol. The highest BCUT2D eigenvalue weighted by Crippen LogP contribution is 2.37. The SMILES string of the molecule is CC1CN(c2cc(F)c(-c3ccc(C(N)=O)c(F)c3)cc2NC(=O)c2cn(C)c(=O)cc2C(F)F)CC(C)N1C. The van der Waals surface area contributed by atoms with Crippen molar-refractivity contribution in [3.05, 3.63) is 81.3 Å². The number of pyridine rings is 1. The summed E-state index contributed by atoms with van der Waals surface area (Å²) in [5.41, 5.74) is 3.29. The van der Waals surface area contributed by atoms with Gasteiger partial charge in [-0.25, -0.2) is 17.6 Å². The van der Waals surface area contributed by atoms with E-state index in [4.69, 9.17) is 5.73 Å². The van der Waals surface area contributed by atoms with Crippen molar-refractivity contribution in [2.75, 3.05) is 30.4 Å². The quantitative estimate of drug-likeness (QED) is 0.442. The minimum absolute atomic E-state index is 0.0672. The molecule has 212 valence electrons. The summed E-state index contributed by atoms with van der Waals surface area (Å²) in [6.07, 6.45) is -2.08. The van der Waals surface area contributed by atoms with Crippen LogP contribution in [0.4, 0.5) is 28.9 Å². The van der Waals surface area contributed by atoms with Crippen molar-refractivity contribution in [1.29, 1.82) is 0 Å². The van der Waals surface area contributed by atoms with Crippen molar-refractivity contribution >= 4 is 23.2 Å². The van der Waals surface area contributed by atoms with Crippen molar-refractivity contribution in [3.8, 4) is 11.1 Å². The molecule has 8 nitrogen and oxygen atoms in total. The highest BCUT2D eigenvalue weighted by molar-refractivity contribution is 6.07. The molecule has 3 N–H and O–H groups in total. The van der Waals surface area contributed by atoms with Gasteiger partial charge in [-0.15, -0.1) is 0 Å². The Bertz CT molecular complexity index is 1530. The smallest absolute Gasteiger partial charge is 0.264 e. The molecule has 4 rings (SSSR count). The third-order valence-electron chi connectivity index (χ3n) is 7.32. The lowest BCUT2D eigenvalue weighted by Gasteiger charge is -2.44. The number of hydrogen-bond donors (Lipinski definition) is 2. The molecule has 1 aliphatic rings. The summed E-state index contributed by atoms with van der Waals surface area (Å²) in [5.74, 6) is -3.60. The maximum atomic E-state index is 15.6. The molecule has 1 saturated heterocycles. The number of primary amides is 1. The summed E-state index contributed by atoms with van der Waals surface area (Å²) in [6, 6.07) is 6.72. The summed E-state index contributed by atoms with van der Waals surface area (Å²) < 4.78 is 58.6. The second-order valence-electron chi connectivity index (χ2n) is 10.0. The van der Waals surface area contributed by atoms with Crippen molar-refractivity contribution in [2.24, 2.45) is 12.8 Å². The van der Waals surface area contributed by atoms with Crippen LogP contribution >= 0.6 is 0 Å². The fourth-order valence-corrected chi connectivity index (χ4v) is 4.83. The normalized spacial score (nSPS) is 17.8. The molecule has 1 aliphatic heterocycles. The molecule has 12 heteroatoms. The Labute approximate surface area is 228 Å². The number of carbonyl (C=O) groups excluding carboxylic acids is 2. The maximum absolute atomic E-state index is 15.6. The first-order valence-electron chi connectivity index (χ1n) is 12.5. The number of halogens is 4. The average Bonchev–Trinajstić information content (AvgIpc) is 2.88. The second-order valence-corrected chi connectivity index (χ2v) is 10.0. The predicted molar refractivity (Wildman–Crippen MR) is 144 cm³/mol. The number of carbonyl (C=O) groups is 2. The number of likely N-dealkylation sites (N-methyl/N-ethyl adjacent to an activating group) is 1. The Balaban J connectivity index is 1.84. The van der Waals surface area contributed by atoms with Gasteiger partial charge in [0.25, 0.3) is 23.8 Å². The third-order valence-corrected chi connectivity index (χ3v) is 7.32. The molecule has 0 spiro atoms. The van der Waals surface area contributed by atoms with Crippen LogP contribution < -0.4 is 21.5 Å². The van der Waals surface area contributed by atoms with Gasteiger partial charge in [-0.1, -0.05) is 6.07 Å². The van der Waals surface area contributed by atoms with E-state index in [9.17, 15) is 27.6 Å². The Hall–Kier alpha value is -4.19. The summed E-state index contributed by atoms with van der Waals surface area (Å²) in [6.45, 7) is 4.95. The van der Waals surface area contributed by atoms with E-state index in [2.05, 4.69) is 10.2 Å². The summed E-state index contributed by atoms with van der Waals surface area (Å²) >= 11 is 0. The van der Waals surface area contributed by atoms with Gasteiger partial charge in [0.05, 0.1) is 22.5 Å². The molecule has 1 fully saturated rings. The van der Waals surface area contributed by atoms with Crippen LogP contribution in [0.15, 0.2) is 47.4 Å². The lowest BCUT2D eigenvalue weighted by molar-refractivity contribution is 0.0992. The van der Waals surface area contributed by atoms with E-state index in [0.717, 1.165) is 22.9 Å². The zero-order valence-corrected chi connectivity index (χ0v) is 22.3. The van der Waals surface area contributed by atoms with Crippen molar-refractivity contribution in [1.82, 2.24) is 9.47 Å². The molecule has 2 aromatic carbocycles. The minimum Gasteiger partial charge on any atom is -0.367 e. The van der Waals surface area contributed by atoms with Crippen LogP contribution in [-0.4, -0.2) is 53.5 Å². The maximum Gasteiger partial charge on any atom is 0.264 e. The van der Waals surface area contributed by atoms with Crippen LogP contribution in [0.2, 0.25) is 0 Å². The number of alkyl halides is 2. The first-order valence-corrected chi connectivity index (χ1v) is 12.5. The third kappa shape index (κ3) is 5.57. The topological polar surface area (TPSA) is 101 Å². The largest absolute Gasteiger partial charge is 0.367 e. The molecule has 2 atom stereocenters. The van der Waals surface area contributed by atoms with Crippen LogP contribution in [0.5, 0.6) is 0 Å². The number of hydrogen-bond acceptors (Lipinski definition) is 5. The van der Waals surface area contributed by atoms with E-state index in [1.165, 1.54) is 25.2 Å². The van der Waals surface area contributed by atoms with Crippen LogP contribution in [-0.2, 0) is 7.05 Å². The molecular weight excluding hydrogens is 530 g/mol. The van der Waals surface area contributed by atoms with Gasteiger partial charge in [0.15, 0.2) is 0 Å². The number of piperazine rings is 1. The number of nitrogens with two attached hydrogens (primary N) is 1. The molecule has 0 radical (unpaired) electrons. The summed E-state index contributed by atoms with van der Waals surface area (Å²) in [7, 11) is 3.29. The Morgan fingerprint density at radius 2 is 1.62 bits per heavy atom. The Morgan fingerprint density at radius 1 is 0.975 bits per heavy atom. The highest BCUT2D eigenvalue weighted by atomic mass is 19.3. The zero-order valence-electron chi connectivity index (χ0n) is 22.3. The number of nitrogens with zero attached hydrogens (tertiary/aromatic N) is 3. The average molecular weight is 560 g/mol. The zero-order chi connectivity index (χ0) is 29.5. The number of aromatic nitrogens is 1. The van der Waals surface area contributed by atoms with Gasteiger partial charge in [-0.2, -0.15) is 0 Å². The van der Waals surface area contributed by atoms with Crippen LogP contribution in [0.3, 0.4) is 0 Å². The number of nitrogens with one attached hydrogen (secondary N) is 1. The molecule has 0 saturated carbocycles. The number of amides is 2. The fourth-order valence-electron chi connectivity index (χ4n) is 4.83. The number of anilines is 2. The van der Waals surface area contributed by atoms with E-state index in [-0.39, 0.29) is 34.5 Å². The second kappa shape index (κ2) is 11.1. The van der Waals surface area contributed by atoms with E-state index in [0.29, 0.717) is 24.8 Å². The number of benzene rings is 2.